The monoisotopic (exact) mass is 310 g/mol. The lowest BCUT2D eigenvalue weighted by Crippen LogP contribution is -2.26. The highest BCUT2D eigenvalue weighted by molar-refractivity contribution is 6.15. The molecule has 0 bridgehead atoms. The number of amides is 1. The smallest absolute Gasteiger partial charge is 0.256 e. The van der Waals surface area contributed by atoms with Gasteiger partial charge in [-0.2, -0.15) is 5.10 Å². The second-order valence-electron chi connectivity index (χ2n) is 5.97. The van der Waals surface area contributed by atoms with Gasteiger partial charge in [-0.1, -0.05) is 25.5 Å². The maximum absolute atomic E-state index is 12.5. The van der Waals surface area contributed by atoms with Gasteiger partial charge in [-0.3, -0.25) is 4.79 Å². The summed E-state index contributed by atoms with van der Waals surface area (Å²) < 4.78 is 1.93. The van der Waals surface area contributed by atoms with Crippen molar-refractivity contribution >= 4 is 17.3 Å². The van der Waals surface area contributed by atoms with Gasteiger partial charge >= 0.3 is 0 Å². The first-order valence-corrected chi connectivity index (χ1v) is 8.15. The molecule has 1 amide bonds. The molecule has 0 saturated heterocycles. The Morgan fingerprint density at radius 2 is 2.00 bits per heavy atom. The minimum atomic E-state index is -0.197. The third kappa shape index (κ3) is 3.33. The molecule has 5 heteroatoms. The number of nitrogens with zero attached hydrogens (tertiary/aromatic N) is 4. The number of unbranched alkanes of at least 4 members (excludes halogenated alkanes) is 1. The summed E-state index contributed by atoms with van der Waals surface area (Å²) in [5.41, 5.74) is 3.00. The van der Waals surface area contributed by atoms with Crippen LogP contribution in [0.2, 0.25) is 0 Å². The number of aryl methyl sites for hydroxylation is 1. The van der Waals surface area contributed by atoms with E-state index in [4.69, 9.17) is 0 Å². The Morgan fingerprint density at radius 3 is 2.65 bits per heavy atom. The van der Waals surface area contributed by atoms with Gasteiger partial charge in [0.15, 0.2) is 0 Å². The van der Waals surface area contributed by atoms with Crippen LogP contribution < -0.4 is 5.01 Å². The van der Waals surface area contributed by atoms with Gasteiger partial charge in [0.2, 0.25) is 0 Å². The molecule has 5 nitrogen and oxygen atoms in total. The van der Waals surface area contributed by atoms with E-state index < -0.39 is 0 Å². The highest BCUT2D eigenvalue weighted by atomic mass is 16.2. The molecule has 0 fully saturated rings. The summed E-state index contributed by atoms with van der Waals surface area (Å²) in [4.78, 5) is 16.5. The van der Waals surface area contributed by atoms with Crippen molar-refractivity contribution in [1.82, 2.24) is 9.55 Å². The normalized spacial score (nSPS) is 17.7. The Morgan fingerprint density at radius 1 is 1.22 bits per heavy atom. The van der Waals surface area contributed by atoms with Crippen LogP contribution in [0.3, 0.4) is 0 Å². The van der Waals surface area contributed by atoms with E-state index in [1.807, 2.05) is 29.8 Å². The molecule has 0 radical (unpaired) electrons. The van der Waals surface area contributed by atoms with Crippen molar-refractivity contribution in [3.05, 3.63) is 48.5 Å². The van der Waals surface area contributed by atoms with Crippen LogP contribution in [-0.2, 0) is 17.8 Å². The molecule has 0 spiro atoms. The average molecular weight is 310 g/mol. The van der Waals surface area contributed by atoms with E-state index in [0.29, 0.717) is 6.54 Å². The molecule has 1 unspecified atom stereocenters. The molecule has 0 N–H and O–H groups in total. The van der Waals surface area contributed by atoms with E-state index in [2.05, 4.69) is 29.1 Å². The van der Waals surface area contributed by atoms with Gasteiger partial charge in [-0.25, -0.2) is 9.99 Å². The van der Waals surface area contributed by atoms with Crippen molar-refractivity contribution in [2.45, 2.75) is 39.7 Å². The Labute approximate surface area is 136 Å². The fourth-order valence-corrected chi connectivity index (χ4v) is 2.70. The standard InChI is InChI=1S/C18H22N4O/c1-3-4-5-15-6-8-16(9-7-15)22-18(23)14(2)17(20-22)12-21-11-10-19-13-21/h6-11,13-14H,3-5,12H2,1-2H3. The molecule has 23 heavy (non-hydrogen) atoms. The third-order valence-electron chi connectivity index (χ3n) is 4.21. The zero-order chi connectivity index (χ0) is 16.2. The van der Waals surface area contributed by atoms with Crippen molar-refractivity contribution in [3.63, 3.8) is 0 Å². The molecule has 120 valence electrons. The highest BCUT2D eigenvalue weighted by Crippen LogP contribution is 2.25. The molecule has 2 heterocycles. The van der Waals surface area contributed by atoms with Crippen molar-refractivity contribution < 1.29 is 4.79 Å². The van der Waals surface area contributed by atoms with E-state index in [-0.39, 0.29) is 11.8 Å². The molecule has 2 aromatic rings. The maximum atomic E-state index is 12.5. The lowest BCUT2D eigenvalue weighted by Gasteiger charge is -2.13. The van der Waals surface area contributed by atoms with E-state index in [1.54, 1.807) is 12.5 Å². The van der Waals surface area contributed by atoms with Crippen LogP contribution >= 0.6 is 0 Å². The largest absolute Gasteiger partial charge is 0.332 e. The molecule has 1 aromatic heterocycles. The van der Waals surface area contributed by atoms with Crippen LogP contribution in [0.4, 0.5) is 5.69 Å². The van der Waals surface area contributed by atoms with E-state index in [9.17, 15) is 4.79 Å². The van der Waals surface area contributed by atoms with Crippen LogP contribution in [0.25, 0.3) is 0 Å². The summed E-state index contributed by atoms with van der Waals surface area (Å²) in [6.07, 6.45) is 8.80. The fraction of sp³-hybridized carbons (Fsp3) is 0.389. The third-order valence-corrected chi connectivity index (χ3v) is 4.21. The van der Waals surface area contributed by atoms with Gasteiger partial charge in [0.1, 0.15) is 0 Å². The van der Waals surface area contributed by atoms with Crippen molar-refractivity contribution in [1.29, 1.82) is 0 Å². The molecule has 1 atom stereocenters. The van der Waals surface area contributed by atoms with E-state index >= 15 is 0 Å². The summed E-state index contributed by atoms with van der Waals surface area (Å²) in [5.74, 6) is -0.168. The first-order chi connectivity index (χ1) is 11.2. The first-order valence-electron chi connectivity index (χ1n) is 8.15. The van der Waals surface area contributed by atoms with Crippen LogP contribution in [0, 0.1) is 5.92 Å². The van der Waals surface area contributed by atoms with Gasteiger partial charge in [0, 0.05) is 12.4 Å². The van der Waals surface area contributed by atoms with Crippen molar-refractivity contribution in [2.75, 3.05) is 5.01 Å². The van der Waals surface area contributed by atoms with Crippen LogP contribution in [0.15, 0.2) is 48.1 Å². The number of hydrogen-bond acceptors (Lipinski definition) is 3. The van der Waals surface area contributed by atoms with Crippen LogP contribution in [-0.4, -0.2) is 21.2 Å². The fourth-order valence-electron chi connectivity index (χ4n) is 2.70. The predicted octanol–water partition coefficient (Wildman–Crippen LogP) is 3.26. The first kappa shape index (κ1) is 15.5. The number of hydrazone groups is 1. The van der Waals surface area contributed by atoms with Crippen LogP contribution in [0.1, 0.15) is 32.3 Å². The summed E-state index contributed by atoms with van der Waals surface area (Å²) in [7, 11) is 0. The molecule has 1 aromatic carbocycles. The number of hydrogen-bond donors (Lipinski definition) is 0. The number of carbonyl (C=O) groups excluding carboxylic acids is 1. The zero-order valence-electron chi connectivity index (χ0n) is 13.6. The lowest BCUT2D eigenvalue weighted by atomic mass is 10.1. The second kappa shape index (κ2) is 6.77. The number of aromatic nitrogens is 2. The Bertz CT molecular complexity index is 688. The van der Waals surface area contributed by atoms with Crippen molar-refractivity contribution in [2.24, 2.45) is 11.0 Å². The molecule has 0 aliphatic carbocycles. The van der Waals surface area contributed by atoms with Gasteiger partial charge in [0.25, 0.3) is 5.91 Å². The lowest BCUT2D eigenvalue weighted by molar-refractivity contribution is -0.119. The summed E-state index contributed by atoms with van der Waals surface area (Å²) in [5, 5.41) is 6.07. The van der Waals surface area contributed by atoms with Crippen molar-refractivity contribution in [3.8, 4) is 0 Å². The van der Waals surface area contributed by atoms with Gasteiger partial charge < -0.3 is 4.57 Å². The summed E-state index contributed by atoms with van der Waals surface area (Å²) in [6.45, 7) is 4.70. The average Bonchev–Trinajstić information content (AvgIpc) is 3.18. The highest BCUT2D eigenvalue weighted by Gasteiger charge is 2.33. The second-order valence-corrected chi connectivity index (χ2v) is 5.97. The summed E-state index contributed by atoms with van der Waals surface area (Å²) >= 11 is 0. The van der Waals surface area contributed by atoms with Crippen LogP contribution in [0.5, 0.6) is 0 Å². The number of rotatable bonds is 6. The summed E-state index contributed by atoms with van der Waals surface area (Å²) in [6, 6.07) is 8.15. The number of imidazole rings is 1. The minimum absolute atomic E-state index is 0.0291. The topological polar surface area (TPSA) is 50.5 Å². The Balaban J connectivity index is 1.76. The predicted molar refractivity (Wildman–Crippen MR) is 91.4 cm³/mol. The molecular formula is C18H22N4O. The van der Waals surface area contributed by atoms with Gasteiger partial charge in [-0.15, -0.1) is 0 Å². The van der Waals surface area contributed by atoms with E-state index in [0.717, 1.165) is 17.8 Å². The minimum Gasteiger partial charge on any atom is -0.332 e. The quantitative estimate of drug-likeness (QED) is 0.822. The molecule has 1 aliphatic heterocycles. The molecule has 1 aliphatic rings. The van der Waals surface area contributed by atoms with Gasteiger partial charge in [-0.05, 0) is 37.5 Å². The maximum Gasteiger partial charge on any atom is 0.256 e. The molecular weight excluding hydrogens is 288 g/mol. The molecule has 0 saturated carbocycles. The molecule has 3 rings (SSSR count). The zero-order valence-corrected chi connectivity index (χ0v) is 13.6. The number of anilines is 1. The number of carbonyl (C=O) groups is 1. The number of benzene rings is 1. The Hall–Kier alpha value is -2.43. The van der Waals surface area contributed by atoms with Gasteiger partial charge in [0.05, 0.1) is 30.2 Å². The Kier molecular flexibility index (Phi) is 4.55. The SMILES string of the molecule is CCCCc1ccc(N2N=C(Cn3ccnc3)C(C)C2=O)cc1. The van der Waals surface area contributed by atoms with E-state index in [1.165, 1.54) is 23.4 Å².